The quantitative estimate of drug-likeness (QED) is 0.665. The van der Waals surface area contributed by atoms with E-state index in [-0.39, 0.29) is 10.6 Å². The predicted octanol–water partition coefficient (Wildman–Crippen LogP) is 2.85. The van der Waals surface area contributed by atoms with Gasteiger partial charge < -0.3 is 9.88 Å². The predicted molar refractivity (Wildman–Crippen MR) is 70.6 cm³/mol. The molecule has 1 heterocycles. The molecule has 0 aliphatic rings. The van der Waals surface area contributed by atoms with E-state index >= 15 is 0 Å². The highest BCUT2D eigenvalue weighted by molar-refractivity contribution is 5.62. The maximum absolute atomic E-state index is 10.9. The Morgan fingerprint density at radius 2 is 2.17 bits per heavy atom. The van der Waals surface area contributed by atoms with E-state index in [0.717, 1.165) is 11.3 Å². The first-order chi connectivity index (χ1) is 8.58. The Kier molecular flexibility index (Phi) is 3.32. The van der Waals surface area contributed by atoms with E-state index in [2.05, 4.69) is 5.32 Å². The highest BCUT2D eigenvalue weighted by Crippen LogP contribution is 2.25. The number of anilines is 1. The van der Waals surface area contributed by atoms with Crippen LogP contribution in [0.3, 0.4) is 0 Å². The van der Waals surface area contributed by atoms with Crippen molar-refractivity contribution in [2.75, 3.05) is 5.32 Å². The lowest BCUT2D eigenvalue weighted by atomic mass is 10.2. The smallest absolute Gasteiger partial charge is 0.292 e. The number of rotatable bonds is 4. The molecule has 0 radical (unpaired) electrons. The number of benzene rings is 1. The number of hydrogen-bond acceptors (Lipinski definition) is 3. The Balaban J connectivity index is 2.20. The first-order valence-electron chi connectivity index (χ1n) is 5.67. The van der Waals surface area contributed by atoms with Crippen LogP contribution in [0, 0.1) is 17.0 Å². The summed E-state index contributed by atoms with van der Waals surface area (Å²) >= 11 is 0. The number of nitrogens with one attached hydrogen (secondary N) is 1. The summed E-state index contributed by atoms with van der Waals surface area (Å²) in [5.41, 5.74) is 2.73. The molecular formula is C13H15N3O2. The van der Waals surface area contributed by atoms with Crippen molar-refractivity contribution in [3.05, 3.63) is 57.9 Å². The van der Waals surface area contributed by atoms with Crippen molar-refractivity contribution in [3.8, 4) is 0 Å². The third kappa shape index (κ3) is 2.51. The van der Waals surface area contributed by atoms with Gasteiger partial charge in [-0.3, -0.25) is 10.1 Å². The molecule has 2 rings (SSSR count). The summed E-state index contributed by atoms with van der Waals surface area (Å²) in [6, 6.07) is 8.99. The number of aromatic nitrogens is 1. The fourth-order valence-electron chi connectivity index (χ4n) is 1.82. The number of nitro groups is 1. The molecule has 2 aromatic rings. The van der Waals surface area contributed by atoms with E-state index < -0.39 is 0 Å². The minimum Gasteiger partial charge on any atom is -0.374 e. The average molecular weight is 245 g/mol. The maximum atomic E-state index is 10.9. The van der Waals surface area contributed by atoms with Gasteiger partial charge >= 0.3 is 0 Å². The Bertz CT molecular complexity index is 575. The second kappa shape index (κ2) is 4.91. The standard InChI is InChI=1S/C13H15N3O2/c1-10-5-6-13(16(17)18)12(8-10)14-9-11-4-3-7-15(11)2/h3-8,14H,9H2,1-2H3. The summed E-state index contributed by atoms with van der Waals surface area (Å²) in [5, 5.41) is 14.0. The fourth-order valence-corrected chi connectivity index (χ4v) is 1.82. The third-order valence-corrected chi connectivity index (χ3v) is 2.86. The van der Waals surface area contributed by atoms with Crippen LogP contribution in [0.1, 0.15) is 11.3 Å². The topological polar surface area (TPSA) is 60.1 Å². The molecule has 0 fully saturated rings. The van der Waals surface area contributed by atoms with Gasteiger partial charge in [-0.05, 0) is 30.7 Å². The fraction of sp³-hybridized carbons (Fsp3) is 0.231. The highest BCUT2D eigenvalue weighted by atomic mass is 16.6. The van der Waals surface area contributed by atoms with Crippen LogP contribution in [-0.2, 0) is 13.6 Å². The SMILES string of the molecule is Cc1ccc([N+](=O)[O-])c(NCc2cccn2C)c1. The van der Waals surface area contributed by atoms with Crippen LogP contribution in [0.25, 0.3) is 0 Å². The molecule has 1 aromatic carbocycles. The van der Waals surface area contributed by atoms with Crippen LogP contribution >= 0.6 is 0 Å². The van der Waals surface area contributed by atoms with Gasteiger partial charge in [0.15, 0.2) is 0 Å². The van der Waals surface area contributed by atoms with E-state index in [9.17, 15) is 10.1 Å². The Labute approximate surface area is 105 Å². The molecule has 0 amide bonds. The molecule has 0 atom stereocenters. The first kappa shape index (κ1) is 12.2. The highest BCUT2D eigenvalue weighted by Gasteiger charge is 2.13. The van der Waals surface area contributed by atoms with Crippen molar-refractivity contribution in [1.29, 1.82) is 0 Å². The van der Waals surface area contributed by atoms with Crippen LogP contribution in [-0.4, -0.2) is 9.49 Å². The zero-order valence-electron chi connectivity index (χ0n) is 10.4. The van der Waals surface area contributed by atoms with Crippen molar-refractivity contribution in [2.24, 2.45) is 7.05 Å². The summed E-state index contributed by atoms with van der Waals surface area (Å²) < 4.78 is 1.98. The van der Waals surface area contributed by atoms with Gasteiger partial charge in [0.25, 0.3) is 5.69 Å². The summed E-state index contributed by atoms with van der Waals surface area (Å²) in [6.45, 7) is 2.48. The molecule has 5 nitrogen and oxygen atoms in total. The minimum absolute atomic E-state index is 0.106. The van der Waals surface area contributed by atoms with Gasteiger partial charge in [-0.15, -0.1) is 0 Å². The Morgan fingerprint density at radius 1 is 1.39 bits per heavy atom. The first-order valence-corrected chi connectivity index (χ1v) is 5.67. The van der Waals surface area contributed by atoms with Gasteiger partial charge in [0.05, 0.1) is 11.5 Å². The van der Waals surface area contributed by atoms with Crippen LogP contribution < -0.4 is 5.32 Å². The zero-order valence-corrected chi connectivity index (χ0v) is 10.4. The zero-order chi connectivity index (χ0) is 13.1. The lowest BCUT2D eigenvalue weighted by molar-refractivity contribution is -0.384. The van der Waals surface area contributed by atoms with Crippen LogP contribution in [0.15, 0.2) is 36.5 Å². The second-order valence-corrected chi connectivity index (χ2v) is 4.24. The molecule has 18 heavy (non-hydrogen) atoms. The summed E-state index contributed by atoms with van der Waals surface area (Å²) in [5.74, 6) is 0. The van der Waals surface area contributed by atoms with Gasteiger partial charge in [-0.2, -0.15) is 0 Å². The molecule has 5 heteroatoms. The molecule has 0 saturated heterocycles. The van der Waals surface area contributed by atoms with E-state index in [1.165, 1.54) is 6.07 Å². The molecule has 0 aliphatic heterocycles. The van der Waals surface area contributed by atoms with E-state index in [1.807, 2.05) is 36.9 Å². The summed E-state index contributed by atoms with van der Waals surface area (Å²) in [6.07, 6.45) is 1.95. The van der Waals surface area contributed by atoms with Crippen molar-refractivity contribution in [2.45, 2.75) is 13.5 Å². The lowest BCUT2D eigenvalue weighted by Gasteiger charge is -2.08. The second-order valence-electron chi connectivity index (χ2n) is 4.24. The van der Waals surface area contributed by atoms with Gasteiger partial charge in [0.1, 0.15) is 5.69 Å². The van der Waals surface area contributed by atoms with Crippen LogP contribution in [0.4, 0.5) is 11.4 Å². The van der Waals surface area contributed by atoms with Crippen LogP contribution in [0.2, 0.25) is 0 Å². The van der Waals surface area contributed by atoms with Crippen LogP contribution in [0.5, 0.6) is 0 Å². The van der Waals surface area contributed by atoms with Gasteiger partial charge in [-0.25, -0.2) is 0 Å². The molecule has 0 spiro atoms. The third-order valence-electron chi connectivity index (χ3n) is 2.86. The summed E-state index contributed by atoms with van der Waals surface area (Å²) in [7, 11) is 1.95. The number of aryl methyl sites for hydroxylation is 2. The van der Waals surface area contributed by atoms with E-state index in [1.54, 1.807) is 12.1 Å². The van der Waals surface area contributed by atoms with E-state index in [4.69, 9.17) is 0 Å². The molecule has 0 aliphatic carbocycles. The Morgan fingerprint density at radius 3 is 2.78 bits per heavy atom. The van der Waals surface area contributed by atoms with E-state index in [0.29, 0.717) is 12.2 Å². The largest absolute Gasteiger partial charge is 0.374 e. The van der Waals surface area contributed by atoms with Crippen molar-refractivity contribution >= 4 is 11.4 Å². The molecule has 0 unspecified atom stereocenters. The molecule has 1 aromatic heterocycles. The number of hydrogen-bond donors (Lipinski definition) is 1. The molecule has 0 bridgehead atoms. The normalized spacial score (nSPS) is 10.3. The van der Waals surface area contributed by atoms with Gasteiger partial charge in [-0.1, -0.05) is 6.07 Å². The molecule has 94 valence electrons. The van der Waals surface area contributed by atoms with Gasteiger partial charge in [0.2, 0.25) is 0 Å². The number of nitrogens with zero attached hydrogens (tertiary/aromatic N) is 2. The molecular weight excluding hydrogens is 230 g/mol. The molecule has 0 saturated carbocycles. The average Bonchev–Trinajstić information content (AvgIpc) is 2.72. The minimum atomic E-state index is -0.368. The lowest BCUT2D eigenvalue weighted by Crippen LogP contribution is -2.06. The van der Waals surface area contributed by atoms with Gasteiger partial charge in [0, 0.05) is 25.0 Å². The van der Waals surface area contributed by atoms with Crippen molar-refractivity contribution < 1.29 is 4.92 Å². The maximum Gasteiger partial charge on any atom is 0.292 e. The Hall–Kier alpha value is -2.30. The van der Waals surface area contributed by atoms with Crippen molar-refractivity contribution in [3.63, 3.8) is 0 Å². The molecule has 1 N–H and O–H groups in total. The number of nitro benzene ring substituents is 1. The van der Waals surface area contributed by atoms with Crippen molar-refractivity contribution in [1.82, 2.24) is 4.57 Å². The summed E-state index contributed by atoms with van der Waals surface area (Å²) in [4.78, 5) is 10.6. The monoisotopic (exact) mass is 245 g/mol.